The van der Waals surface area contributed by atoms with E-state index in [0.29, 0.717) is 27.9 Å². The van der Waals surface area contributed by atoms with Crippen molar-refractivity contribution < 1.29 is 28.3 Å². The predicted octanol–water partition coefficient (Wildman–Crippen LogP) is 3.77. The molecule has 0 saturated heterocycles. The molecule has 8 nitrogen and oxygen atoms in total. The number of ether oxygens (including phenoxy) is 4. The maximum atomic E-state index is 12.5. The van der Waals surface area contributed by atoms with Gasteiger partial charge in [0, 0.05) is 17.7 Å². The highest BCUT2D eigenvalue weighted by Gasteiger charge is 2.20. The fourth-order valence-electron chi connectivity index (χ4n) is 2.46. The van der Waals surface area contributed by atoms with Crippen molar-refractivity contribution in [3.8, 4) is 28.6 Å². The number of nitrogens with zero attached hydrogens (tertiary/aromatic N) is 2. The average molecular weight is 405 g/mol. The fraction of sp³-hybridized carbons (Fsp3) is 0.211. The number of carbonyl (C=O) groups excluding carboxylic acids is 1. The van der Waals surface area contributed by atoms with Crippen LogP contribution in [0.2, 0.25) is 5.02 Å². The summed E-state index contributed by atoms with van der Waals surface area (Å²) in [5.74, 6) is 0.870. The maximum absolute atomic E-state index is 12.5. The van der Waals surface area contributed by atoms with Gasteiger partial charge >= 0.3 is 5.97 Å². The van der Waals surface area contributed by atoms with Gasteiger partial charge < -0.3 is 23.5 Å². The molecular weight excluding hydrogens is 388 g/mol. The van der Waals surface area contributed by atoms with Crippen LogP contribution in [-0.4, -0.2) is 37.4 Å². The second-order valence-electron chi connectivity index (χ2n) is 5.48. The molecule has 0 bridgehead atoms. The molecule has 0 aliphatic heterocycles. The molecule has 2 aromatic carbocycles. The normalized spacial score (nSPS) is 10.4. The number of halogens is 1. The number of hydrogen-bond acceptors (Lipinski definition) is 8. The van der Waals surface area contributed by atoms with Crippen molar-refractivity contribution in [2.24, 2.45) is 0 Å². The molecule has 0 spiro atoms. The summed E-state index contributed by atoms with van der Waals surface area (Å²) in [5, 5.41) is 4.35. The topological polar surface area (TPSA) is 92.9 Å². The van der Waals surface area contributed by atoms with Gasteiger partial charge in [0.15, 0.2) is 18.1 Å². The van der Waals surface area contributed by atoms with Crippen LogP contribution in [0.3, 0.4) is 0 Å². The van der Waals surface area contributed by atoms with Crippen LogP contribution in [0, 0.1) is 0 Å². The first-order chi connectivity index (χ1) is 13.6. The molecule has 1 aromatic heterocycles. The second-order valence-corrected chi connectivity index (χ2v) is 5.88. The first-order valence-electron chi connectivity index (χ1n) is 8.12. The van der Waals surface area contributed by atoms with Crippen molar-refractivity contribution in [1.29, 1.82) is 0 Å². The van der Waals surface area contributed by atoms with Crippen molar-refractivity contribution in [1.82, 2.24) is 10.1 Å². The minimum absolute atomic E-state index is 0.128. The van der Waals surface area contributed by atoms with Crippen molar-refractivity contribution in [2.75, 3.05) is 21.3 Å². The zero-order chi connectivity index (χ0) is 20.1. The van der Waals surface area contributed by atoms with Crippen LogP contribution in [0.5, 0.6) is 17.2 Å². The van der Waals surface area contributed by atoms with Gasteiger partial charge in [0.05, 0.1) is 26.4 Å². The van der Waals surface area contributed by atoms with Crippen LogP contribution in [-0.2, 0) is 11.3 Å². The number of rotatable bonds is 7. The fourth-order valence-corrected chi connectivity index (χ4v) is 2.68. The van der Waals surface area contributed by atoms with Gasteiger partial charge in [-0.1, -0.05) is 28.9 Å². The lowest BCUT2D eigenvalue weighted by Crippen LogP contribution is -2.08. The molecule has 0 amide bonds. The molecule has 146 valence electrons. The Labute approximate surface area is 165 Å². The average Bonchev–Trinajstić information content (AvgIpc) is 3.20. The highest BCUT2D eigenvalue weighted by Crippen LogP contribution is 2.35. The summed E-state index contributed by atoms with van der Waals surface area (Å²) in [6, 6.07) is 10.1. The summed E-state index contributed by atoms with van der Waals surface area (Å²) in [5.41, 5.74) is 0.790. The lowest BCUT2D eigenvalue weighted by molar-refractivity contribution is 0.0425. The molecule has 3 aromatic rings. The number of hydrogen-bond donors (Lipinski definition) is 0. The maximum Gasteiger partial charge on any atom is 0.342 e. The predicted molar refractivity (Wildman–Crippen MR) is 100.0 cm³/mol. The molecular formula is C19H17ClN2O6. The highest BCUT2D eigenvalue weighted by atomic mass is 35.5. The molecule has 0 aliphatic rings. The minimum atomic E-state index is -0.643. The van der Waals surface area contributed by atoms with E-state index in [1.54, 1.807) is 24.3 Å². The molecule has 28 heavy (non-hydrogen) atoms. The van der Waals surface area contributed by atoms with Crippen molar-refractivity contribution in [3.63, 3.8) is 0 Å². The summed E-state index contributed by atoms with van der Waals surface area (Å²) in [6.07, 6.45) is 0. The summed E-state index contributed by atoms with van der Waals surface area (Å²) in [4.78, 5) is 16.7. The number of benzene rings is 2. The summed E-state index contributed by atoms with van der Waals surface area (Å²) < 4.78 is 26.0. The third-order valence-corrected chi connectivity index (χ3v) is 4.16. The van der Waals surface area contributed by atoms with E-state index in [9.17, 15) is 4.79 Å². The lowest BCUT2D eigenvalue weighted by atomic mass is 10.1. The zero-order valence-electron chi connectivity index (χ0n) is 15.4. The number of esters is 1. The Morgan fingerprint density at radius 2 is 1.71 bits per heavy atom. The Hall–Kier alpha value is -3.26. The van der Waals surface area contributed by atoms with Gasteiger partial charge in [-0.25, -0.2) is 4.79 Å². The Morgan fingerprint density at radius 3 is 2.39 bits per heavy atom. The van der Waals surface area contributed by atoms with E-state index in [4.69, 9.17) is 35.1 Å². The van der Waals surface area contributed by atoms with Crippen LogP contribution >= 0.6 is 11.6 Å². The third kappa shape index (κ3) is 4.01. The molecule has 0 saturated carbocycles. The molecule has 0 fully saturated rings. The Morgan fingerprint density at radius 1 is 1.04 bits per heavy atom. The lowest BCUT2D eigenvalue weighted by Gasteiger charge is -2.13. The first kappa shape index (κ1) is 19.5. The van der Waals surface area contributed by atoms with Crippen LogP contribution < -0.4 is 14.2 Å². The summed E-state index contributed by atoms with van der Waals surface area (Å²) in [7, 11) is 4.39. The Kier molecular flexibility index (Phi) is 6.00. The van der Waals surface area contributed by atoms with Crippen LogP contribution in [0.25, 0.3) is 11.4 Å². The molecule has 1 heterocycles. The van der Waals surface area contributed by atoms with Crippen LogP contribution in [0.15, 0.2) is 40.9 Å². The first-order valence-corrected chi connectivity index (χ1v) is 8.49. The van der Waals surface area contributed by atoms with E-state index in [2.05, 4.69) is 10.1 Å². The van der Waals surface area contributed by atoms with Gasteiger partial charge in [-0.05, 0) is 12.1 Å². The van der Waals surface area contributed by atoms with E-state index in [-0.39, 0.29) is 23.8 Å². The molecule has 3 rings (SSSR count). The third-order valence-electron chi connectivity index (χ3n) is 3.84. The van der Waals surface area contributed by atoms with E-state index in [1.807, 2.05) is 0 Å². The molecule has 0 radical (unpaired) electrons. The van der Waals surface area contributed by atoms with E-state index in [0.717, 1.165) is 0 Å². The van der Waals surface area contributed by atoms with Gasteiger partial charge in [0.25, 0.3) is 5.89 Å². The standard InChI is InChI=1S/C19H17ClN2O6/c1-24-14-9-16(26-3)15(25-2)8-12(14)19(23)27-10-17-21-18(22-28-17)11-6-4-5-7-13(11)20/h4-9H,10H2,1-3H3. The van der Waals surface area contributed by atoms with Crippen LogP contribution in [0.4, 0.5) is 0 Å². The smallest absolute Gasteiger partial charge is 0.342 e. The highest BCUT2D eigenvalue weighted by molar-refractivity contribution is 6.33. The SMILES string of the molecule is COc1cc(OC)c(C(=O)OCc2nc(-c3ccccc3Cl)no2)cc1OC. The number of aromatic nitrogens is 2. The second kappa shape index (κ2) is 8.62. The van der Waals surface area contributed by atoms with Crippen molar-refractivity contribution in [3.05, 3.63) is 52.9 Å². The van der Waals surface area contributed by atoms with Crippen molar-refractivity contribution in [2.45, 2.75) is 6.61 Å². The quantitative estimate of drug-likeness (QED) is 0.549. The van der Waals surface area contributed by atoms with E-state index < -0.39 is 5.97 Å². The molecule has 9 heteroatoms. The molecule has 0 unspecified atom stereocenters. The van der Waals surface area contributed by atoms with Crippen molar-refractivity contribution >= 4 is 17.6 Å². The van der Waals surface area contributed by atoms with Crippen LogP contribution in [0.1, 0.15) is 16.2 Å². The largest absolute Gasteiger partial charge is 0.496 e. The number of methoxy groups -OCH3 is 3. The van der Waals surface area contributed by atoms with Gasteiger partial charge in [-0.2, -0.15) is 4.98 Å². The van der Waals surface area contributed by atoms with Gasteiger partial charge in [0.2, 0.25) is 5.82 Å². The molecule has 0 atom stereocenters. The van der Waals surface area contributed by atoms with E-state index in [1.165, 1.54) is 33.5 Å². The van der Waals surface area contributed by atoms with Gasteiger partial charge in [-0.15, -0.1) is 0 Å². The summed E-state index contributed by atoms with van der Waals surface area (Å²) >= 11 is 6.12. The minimum Gasteiger partial charge on any atom is -0.496 e. The zero-order valence-corrected chi connectivity index (χ0v) is 16.1. The Balaban J connectivity index is 1.75. The van der Waals surface area contributed by atoms with Gasteiger partial charge in [-0.3, -0.25) is 0 Å². The van der Waals surface area contributed by atoms with E-state index >= 15 is 0 Å². The Bertz CT molecular complexity index is 988. The molecule has 0 N–H and O–H groups in total. The van der Waals surface area contributed by atoms with Gasteiger partial charge in [0.1, 0.15) is 11.3 Å². The summed E-state index contributed by atoms with van der Waals surface area (Å²) in [6.45, 7) is -0.214. The monoisotopic (exact) mass is 404 g/mol. The number of carbonyl (C=O) groups is 1. The molecule has 0 aliphatic carbocycles.